The molecule has 3 aliphatic rings. The number of nitrogens with zero attached hydrogens (tertiary/aromatic N) is 3. The van der Waals surface area contributed by atoms with Crippen LogP contribution in [0.1, 0.15) is 12.0 Å². The number of halogens is 3. The number of alkyl halides is 3. The Morgan fingerprint density at radius 3 is 2.70 bits per heavy atom. The number of piperazine rings is 1. The Labute approximate surface area is 152 Å². The smallest absolute Gasteiger partial charge is 0.375 e. The van der Waals surface area contributed by atoms with E-state index in [4.69, 9.17) is 4.74 Å². The van der Waals surface area contributed by atoms with Crippen LogP contribution in [0.5, 0.6) is 0 Å². The summed E-state index contributed by atoms with van der Waals surface area (Å²) in [5, 5.41) is 0. The number of hydrogen-bond donors (Lipinski definition) is 0. The van der Waals surface area contributed by atoms with Crippen molar-refractivity contribution in [3.8, 4) is 0 Å². The van der Waals surface area contributed by atoms with Crippen LogP contribution in [0.2, 0.25) is 0 Å². The monoisotopic (exact) mass is 383 g/mol. The highest BCUT2D eigenvalue weighted by molar-refractivity contribution is 6.22. The van der Waals surface area contributed by atoms with Crippen molar-refractivity contribution in [3.05, 3.63) is 29.8 Å². The van der Waals surface area contributed by atoms with Crippen molar-refractivity contribution in [1.29, 1.82) is 0 Å². The third-order valence-electron chi connectivity index (χ3n) is 5.28. The van der Waals surface area contributed by atoms with Gasteiger partial charge in [0, 0.05) is 13.7 Å². The fraction of sp³-hybridized carbons (Fsp3) is 0.471. The normalized spacial score (nSPS) is 27.0. The highest BCUT2D eigenvalue weighted by Crippen LogP contribution is 2.43. The minimum atomic E-state index is -4.58. The van der Waals surface area contributed by atoms with E-state index < -0.39 is 35.8 Å². The number of anilines is 1. The van der Waals surface area contributed by atoms with Gasteiger partial charge in [0.15, 0.2) is 0 Å². The molecule has 4 rings (SSSR count). The molecular weight excluding hydrogens is 367 g/mol. The molecule has 3 heterocycles. The van der Waals surface area contributed by atoms with Crippen LogP contribution in [0, 0.1) is 0 Å². The van der Waals surface area contributed by atoms with Crippen molar-refractivity contribution < 1.29 is 32.3 Å². The summed E-state index contributed by atoms with van der Waals surface area (Å²) < 4.78 is 43.8. The Hall–Kier alpha value is -2.62. The van der Waals surface area contributed by atoms with Gasteiger partial charge in [-0.25, -0.2) is 9.69 Å². The number of imide groups is 1. The van der Waals surface area contributed by atoms with Gasteiger partial charge in [-0.05, 0) is 24.6 Å². The maximum absolute atomic E-state index is 13.0. The standard InChI is InChI=1S/C17H16F3N3O4/c1-27-8-13(24)21-7-11-6-12(21)14-15(25)23(16(26)22(11)14)10-4-2-3-9(5-10)17(18,19)20/h2-5,11-12,14H,6-8H2,1H3/t11?,12?,14-/m1/s1. The first-order valence-electron chi connectivity index (χ1n) is 8.36. The lowest BCUT2D eigenvalue weighted by molar-refractivity contribution is -0.139. The number of urea groups is 1. The van der Waals surface area contributed by atoms with Crippen molar-refractivity contribution in [2.75, 3.05) is 25.2 Å². The number of rotatable bonds is 3. The Bertz CT molecular complexity index is 828. The number of methoxy groups -OCH3 is 1. The number of carbonyl (C=O) groups is 3. The number of amides is 4. The van der Waals surface area contributed by atoms with Crippen molar-refractivity contribution >= 4 is 23.5 Å². The molecule has 2 unspecified atom stereocenters. The molecule has 1 aromatic carbocycles. The fourth-order valence-electron chi connectivity index (χ4n) is 4.21. The molecule has 3 atom stereocenters. The van der Waals surface area contributed by atoms with Gasteiger partial charge in [-0.2, -0.15) is 13.2 Å². The topological polar surface area (TPSA) is 70.2 Å². The van der Waals surface area contributed by atoms with Crippen LogP contribution in [0.15, 0.2) is 24.3 Å². The number of fused-ring (bicyclic) bond motifs is 5. The van der Waals surface area contributed by atoms with Gasteiger partial charge in [0.05, 0.1) is 23.3 Å². The van der Waals surface area contributed by atoms with Crippen molar-refractivity contribution in [1.82, 2.24) is 9.80 Å². The Morgan fingerprint density at radius 2 is 2.04 bits per heavy atom. The van der Waals surface area contributed by atoms with Gasteiger partial charge in [0.2, 0.25) is 5.91 Å². The summed E-state index contributed by atoms with van der Waals surface area (Å²) in [6.07, 6.45) is -4.10. The first kappa shape index (κ1) is 17.8. The highest BCUT2D eigenvalue weighted by Gasteiger charge is 2.62. The molecule has 4 amide bonds. The van der Waals surface area contributed by atoms with Gasteiger partial charge < -0.3 is 14.5 Å². The van der Waals surface area contributed by atoms with E-state index in [0.29, 0.717) is 13.0 Å². The lowest BCUT2D eigenvalue weighted by Gasteiger charge is -2.34. The lowest BCUT2D eigenvalue weighted by atomic mass is 10.1. The summed E-state index contributed by atoms with van der Waals surface area (Å²) in [4.78, 5) is 41.5. The van der Waals surface area contributed by atoms with Gasteiger partial charge in [-0.1, -0.05) is 6.07 Å². The predicted molar refractivity (Wildman–Crippen MR) is 85.7 cm³/mol. The molecule has 0 N–H and O–H groups in total. The Kier molecular flexibility index (Phi) is 3.91. The average molecular weight is 383 g/mol. The third-order valence-corrected chi connectivity index (χ3v) is 5.28. The summed E-state index contributed by atoms with van der Waals surface area (Å²) in [5.74, 6) is -0.885. The molecule has 3 aliphatic heterocycles. The zero-order valence-corrected chi connectivity index (χ0v) is 14.3. The van der Waals surface area contributed by atoms with E-state index in [1.807, 2.05) is 0 Å². The molecule has 3 fully saturated rings. The summed E-state index contributed by atoms with van der Waals surface area (Å²) in [6, 6.07) is 1.80. The molecule has 0 spiro atoms. The predicted octanol–water partition coefficient (Wildman–Crippen LogP) is 1.47. The fourth-order valence-corrected chi connectivity index (χ4v) is 4.21. The molecule has 27 heavy (non-hydrogen) atoms. The van der Waals surface area contributed by atoms with Gasteiger partial charge in [-0.3, -0.25) is 9.59 Å². The van der Waals surface area contributed by atoms with Crippen LogP contribution in [0.3, 0.4) is 0 Å². The molecule has 10 heteroatoms. The van der Waals surface area contributed by atoms with Crippen molar-refractivity contribution in [2.24, 2.45) is 0 Å². The minimum Gasteiger partial charge on any atom is -0.375 e. The Morgan fingerprint density at radius 1 is 1.30 bits per heavy atom. The second-order valence-corrected chi connectivity index (χ2v) is 6.79. The SMILES string of the molecule is COCC(=O)N1CC2CC1[C@@H]1C(=O)N(c3cccc(C(F)(F)F)c3)C(=O)N21. The Balaban J connectivity index is 1.64. The maximum atomic E-state index is 13.0. The van der Waals surface area contributed by atoms with Crippen molar-refractivity contribution in [3.63, 3.8) is 0 Å². The zero-order chi connectivity index (χ0) is 19.5. The first-order chi connectivity index (χ1) is 12.7. The third kappa shape index (κ3) is 2.58. The summed E-state index contributed by atoms with van der Waals surface area (Å²) in [5.41, 5.74) is -1.06. The van der Waals surface area contributed by atoms with Gasteiger partial charge in [0.1, 0.15) is 12.6 Å². The van der Waals surface area contributed by atoms with E-state index in [0.717, 1.165) is 23.1 Å². The maximum Gasteiger partial charge on any atom is 0.416 e. The van der Waals surface area contributed by atoms with E-state index in [9.17, 15) is 27.6 Å². The molecule has 7 nitrogen and oxygen atoms in total. The molecule has 2 bridgehead atoms. The molecule has 144 valence electrons. The number of ether oxygens (including phenoxy) is 1. The second kappa shape index (κ2) is 5.95. The average Bonchev–Trinajstić information content (AvgIpc) is 3.26. The number of hydrogen-bond acceptors (Lipinski definition) is 4. The quantitative estimate of drug-likeness (QED) is 0.742. The van der Waals surface area contributed by atoms with E-state index in [1.165, 1.54) is 23.0 Å². The van der Waals surface area contributed by atoms with Crippen LogP contribution in [0.4, 0.5) is 23.7 Å². The minimum absolute atomic E-state index is 0.122. The summed E-state index contributed by atoms with van der Waals surface area (Å²) >= 11 is 0. The molecule has 0 aromatic heterocycles. The molecule has 1 aromatic rings. The van der Waals surface area contributed by atoms with Crippen LogP contribution < -0.4 is 4.90 Å². The summed E-state index contributed by atoms with van der Waals surface area (Å²) in [7, 11) is 1.39. The van der Waals surface area contributed by atoms with Crippen LogP contribution in [0.25, 0.3) is 0 Å². The van der Waals surface area contributed by atoms with E-state index >= 15 is 0 Å². The molecule has 0 radical (unpaired) electrons. The van der Waals surface area contributed by atoms with E-state index in [-0.39, 0.29) is 24.2 Å². The van der Waals surface area contributed by atoms with E-state index in [1.54, 1.807) is 0 Å². The largest absolute Gasteiger partial charge is 0.416 e. The van der Waals surface area contributed by atoms with Crippen LogP contribution >= 0.6 is 0 Å². The molecule has 0 aliphatic carbocycles. The van der Waals surface area contributed by atoms with Crippen LogP contribution in [-0.2, 0) is 20.5 Å². The van der Waals surface area contributed by atoms with Crippen LogP contribution in [-0.4, -0.2) is 66.0 Å². The van der Waals surface area contributed by atoms with Gasteiger partial charge >= 0.3 is 12.2 Å². The number of carbonyl (C=O) groups excluding carboxylic acids is 3. The molecule has 0 saturated carbocycles. The van der Waals surface area contributed by atoms with E-state index in [2.05, 4.69) is 0 Å². The highest BCUT2D eigenvalue weighted by atomic mass is 19.4. The first-order valence-corrected chi connectivity index (χ1v) is 8.36. The molecular formula is C17H16F3N3O4. The van der Waals surface area contributed by atoms with Gasteiger partial charge in [0.25, 0.3) is 5.91 Å². The number of benzene rings is 1. The van der Waals surface area contributed by atoms with Crippen molar-refractivity contribution in [2.45, 2.75) is 30.7 Å². The summed E-state index contributed by atoms with van der Waals surface area (Å²) in [6.45, 7) is 0.161. The second-order valence-electron chi connectivity index (χ2n) is 6.79. The zero-order valence-electron chi connectivity index (χ0n) is 14.3. The lowest BCUT2D eigenvalue weighted by Crippen LogP contribution is -2.55. The molecule has 3 saturated heterocycles. The number of likely N-dealkylation sites (tertiary alicyclic amines) is 1. The van der Waals surface area contributed by atoms with Gasteiger partial charge in [-0.15, -0.1) is 0 Å².